The molecule has 2 rings (SSSR count). The summed E-state index contributed by atoms with van der Waals surface area (Å²) in [5.41, 5.74) is 2.93. The van der Waals surface area contributed by atoms with E-state index in [0.717, 1.165) is 17.5 Å². The fourth-order valence-corrected chi connectivity index (χ4v) is 2.69. The smallest absolute Gasteiger partial charge is 0.510 e. The van der Waals surface area contributed by atoms with Crippen molar-refractivity contribution < 1.29 is 19.1 Å². The van der Waals surface area contributed by atoms with Crippen LogP contribution in [0.5, 0.6) is 5.75 Å². The molecule has 0 heterocycles. The van der Waals surface area contributed by atoms with Crippen LogP contribution in [-0.2, 0) is 6.42 Å². The highest BCUT2D eigenvalue weighted by Gasteiger charge is 2.15. The van der Waals surface area contributed by atoms with Gasteiger partial charge < -0.3 is 14.7 Å². The summed E-state index contributed by atoms with van der Waals surface area (Å²) in [6.45, 7) is 2.21. The molecule has 2 aromatic rings. The van der Waals surface area contributed by atoms with E-state index >= 15 is 0 Å². The molecule has 0 aliphatic carbocycles. The summed E-state index contributed by atoms with van der Waals surface area (Å²) in [6, 6.07) is 12.5. The molecule has 128 valence electrons. The molecule has 2 aromatic carbocycles. The Hall–Kier alpha value is -1.85. The van der Waals surface area contributed by atoms with Crippen molar-refractivity contribution in [1.29, 1.82) is 0 Å². The van der Waals surface area contributed by atoms with Crippen LogP contribution in [0.15, 0.2) is 42.5 Å². The zero-order valence-corrected chi connectivity index (χ0v) is 14.0. The Kier molecular flexibility index (Phi) is 7.28. The van der Waals surface area contributed by atoms with Crippen molar-refractivity contribution >= 4 is 7.32 Å². The number of hydrogen-bond donors (Lipinski definition) is 2. The molecule has 0 aliphatic rings. The molecule has 0 saturated heterocycles. The van der Waals surface area contributed by atoms with Gasteiger partial charge >= 0.3 is 7.32 Å². The van der Waals surface area contributed by atoms with Crippen molar-refractivity contribution in [1.82, 2.24) is 0 Å². The summed E-state index contributed by atoms with van der Waals surface area (Å²) < 4.78 is 18.5. The molecule has 2 N–H and O–H groups in total. The average Bonchev–Trinajstić information content (AvgIpc) is 2.57. The first-order valence-corrected chi connectivity index (χ1v) is 8.52. The average molecular weight is 330 g/mol. The number of benzene rings is 2. The molecule has 0 fully saturated rings. The van der Waals surface area contributed by atoms with Crippen molar-refractivity contribution in [2.24, 2.45) is 0 Å². The molecule has 0 amide bonds. The zero-order chi connectivity index (χ0) is 17.4. The second-order valence-corrected chi connectivity index (χ2v) is 5.95. The largest absolute Gasteiger partial charge is 0.707 e. The van der Waals surface area contributed by atoms with Gasteiger partial charge in [-0.05, 0) is 41.7 Å². The van der Waals surface area contributed by atoms with Crippen LogP contribution in [0.4, 0.5) is 4.39 Å². The van der Waals surface area contributed by atoms with E-state index in [-0.39, 0.29) is 5.75 Å². The first-order valence-electron chi connectivity index (χ1n) is 8.52. The Labute approximate surface area is 143 Å². The quantitative estimate of drug-likeness (QED) is 0.531. The monoisotopic (exact) mass is 330 g/mol. The van der Waals surface area contributed by atoms with E-state index in [0.29, 0.717) is 0 Å². The highest BCUT2D eigenvalue weighted by molar-refractivity contribution is 6.33. The van der Waals surface area contributed by atoms with Gasteiger partial charge in [-0.3, -0.25) is 0 Å². The molecule has 0 bridgehead atoms. The summed E-state index contributed by atoms with van der Waals surface area (Å²) in [4.78, 5) is 0. The lowest BCUT2D eigenvalue weighted by molar-refractivity contribution is 0.282. The minimum Gasteiger partial charge on any atom is -0.510 e. The maximum Gasteiger partial charge on any atom is 0.707 e. The van der Waals surface area contributed by atoms with Gasteiger partial charge in [-0.1, -0.05) is 62.9 Å². The second kappa shape index (κ2) is 9.45. The molecule has 0 atom stereocenters. The van der Waals surface area contributed by atoms with Gasteiger partial charge in [0, 0.05) is 0 Å². The van der Waals surface area contributed by atoms with Crippen LogP contribution in [0.3, 0.4) is 0 Å². The molecule has 0 spiro atoms. The van der Waals surface area contributed by atoms with E-state index in [1.54, 1.807) is 6.07 Å². The van der Waals surface area contributed by atoms with Gasteiger partial charge in [-0.2, -0.15) is 0 Å². The third-order valence-electron chi connectivity index (χ3n) is 4.02. The Morgan fingerprint density at radius 3 is 2.21 bits per heavy atom. The highest BCUT2D eigenvalue weighted by Crippen LogP contribution is 2.26. The fourth-order valence-electron chi connectivity index (χ4n) is 2.69. The molecule has 0 radical (unpaired) electrons. The highest BCUT2D eigenvalue weighted by atomic mass is 19.1. The maximum absolute atomic E-state index is 13.9. The predicted octanol–water partition coefficient (Wildman–Crippen LogP) is 4.35. The van der Waals surface area contributed by atoms with Crippen molar-refractivity contribution in [2.75, 3.05) is 0 Å². The lowest BCUT2D eigenvalue weighted by atomic mass is 10.0. The van der Waals surface area contributed by atoms with Gasteiger partial charge in [0.2, 0.25) is 0 Å². The van der Waals surface area contributed by atoms with Crippen LogP contribution in [0.2, 0.25) is 0 Å². The topological polar surface area (TPSA) is 49.7 Å². The van der Waals surface area contributed by atoms with Crippen molar-refractivity contribution in [3.8, 4) is 16.9 Å². The lowest BCUT2D eigenvalue weighted by Gasteiger charge is -2.09. The van der Waals surface area contributed by atoms with E-state index in [9.17, 15) is 4.39 Å². The van der Waals surface area contributed by atoms with Gasteiger partial charge in [-0.25, -0.2) is 4.39 Å². The number of unbranched alkanes of at least 4 members (excludes halogenated alkanes) is 4. The number of hydrogen-bond acceptors (Lipinski definition) is 3. The Morgan fingerprint density at radius 1 is 0.917 bits per heavy atom. The van der Waals surface area contributed by atoms with Gasteiger partial charge in [0.1, 0.15) is 5.75 Å². The van der Waals surface area contributed by atoms with E-state index in [1.165, 1.54) is 49.8 Å². The standard InChI is InChI=1S/C19H24BFO3/c1-2-3-4-5-6-7-15-8-10-16(11-9-15)17-12-13-19(18(21)14-17)24-20(22)23/h8-14,22-23H,2-7H2,1H3. The summed E-state index contributed by atoms with van der Waals surface area (Å²) >= 11 is 0. The molecule has 3 nitrogen and oxygen atoms in total. The Bertz CT molecular complexity index is 629. The molecule has 5 heteroatoms. The second-order valence-electron chi connectivity index (χ2n) is 5.95. The fraction of sp³-hybridized carbons (Fsp3) is 0.368. The van der Waals surface area contributed by atoms with E-state index in [4.69, 9.17) is 10.0 Å². The Balaban J connectivity index is 1.96. The predicted molar refractivity (Wildman–Crippen MR) is 95.1 cm³/mol. The number of halogens is 1. The number of aryl methyl sites for hydroxylation is 1. The molecular weight excluding hydrogens is 306 g/mol. The van der Waals surface area contributed by atoms with E-state index < -0.39 is 13.1 Å². The molecule has 0 aromatic heterocycles. The summed E-state index contributed by atoms with van der Waals surface area (Å²) in [7, 11) is -2.03. The van der Waals surface area contributed by atoms with Crippen LogP contribution < -0.4 is 4.65 Å². The van der Waals surface area contributed by atoms with Gasteiger partial charge in [0.25, 0.3) is 0 Å². The van der Waals surface area contributed by atoms with Crippen molar-refractivity contribution in [3.63, 3.8) is 0 Å². The lowest BCUT2D eigenvalue weighted by Crippen LogP contribution is -2.21. The Morgan fingerprint density at radius 2 is 1.58 bits per heavy atom. The minimum atomic E-state index is -2.03. The maximum atomic E-state index is 13.9. The summed E-state index contributed by atoms with van der Waals surface area (Å²) in [5, 5.41) is 17.5. The van der Waals surface area contributed by atoms with Crippen LogP contribution in [0, 0.1) is 5.82 Å². The molecule has 0 saturated carbocycles. The first kappa shape index (κ1) is 18.5. The van der Waals surface area contributed by atoms with Crippen LogP contribution in [-0.4, -0.2) is 17.4 Å². The normalized spacial score (nSPS) is 10.7. The van der Waals surface area contributed by atoms with Crippen LogP contribution >= 0.6 is 0 Å². The molecule has 0 aliphatic heterocycles. The zero-order valence-electron chi connectivity index (χ0n) is 14.0. The molecule has 0 unspecified atom stereocenters. The van der Waals surface area contributed by atoms with E-state index in [2.05, 4.69) is 23.7 Å². The third-order valence-corrected chi connectivity index (χ3v) is 4.02. The summed E-state index contributed by atoms with van der Waals surface area (Å²) in [6.07, 6.45) is 7.39. The van der Waals surface area contributed by atoms with Gasteiger partial charge in [0.15, 0.2) is 5.82 Å². The van der Waals surface area contributed by atoms with Gasteiger partial charge in [-0.15, -0.1) is 0 Å². The van der Waals surface area contributed by atoms with Crippen LogP contribution in [0.25, 0.3) is 11.1 Å². The number of rotatable bonds is 9. The van der Waals surface area contributed by atoms with Crippen molar-refractivity contribution in [2.45, 2.75) is 45.4 Å². The third kappa shape index (κ3) is 5.66. The first-order chi connectivity index (χ1) is 11.6. The van der Waals surface area contributed by atoms with Crippen LogP contribution in [0.1, 0.15) is 44.6 Å². The molecule has 24 heavy (non-hydrogen) atoms. The van der Waals surface area contributed by atoms with E-state index in [1.807, 2.05) is 12.1 Å². The summed E-state index contributed by atoms with van der Waals surface area (Å²) in [5.74, 6) is -0.807. The SMILES string of the molecule is CCCCCCCc1ccc(-c2ccc(OB(O)O)c(F)c2)cc1. The molecular formula is C19H24BFO3. The minimum absolute atomic E-state index is 0.183. The van der Waals surface area contributed by atoms with Crippen molar-refractivity contribution in [3.05, 3.63) is 53.8 Å². The van der Waals surface area contributed by atoms with Gasteiger partial charge in [0.05, 0.1) is 0 Å².